The van der Waals surface area contributed by atoms with Gasteiger partial charge in [0.05, 0.1) is 0 Å². The van der Waals surface area contributed by atoms with E-state index >= 15 is 0 Å². The summed E-state index contributed by atoms with van der Waals surface area (Å²) in [5.74, 6) is 1.13. The van der Waals surface area contributed by atoms with E-state index in [1.807, 2.05) is 6.92 Å². The van der Waals surface area contributed by atoms with Crippen molar-refractivity contribution in [1.29, 1.82) is 0 Å². The van der Waals surface area contributed by atoms with Gasteiger partial charge in [0, 0.05) is 17.3 Å². The first-order valence-corrected chi connectivity index (χ1v) is 4.82. The van der Waals surface area contributed by atoms with Gasteiger partial charge in [0.25, 0.3) is 0 Å². The molecule has 4 nitrogen and oxygen atoms in total. The largest absolute Gasteiger partial charge is 0.368 e. The molecule has 0 saturated carbocycles. The molecule has 4 heteroatoms. The van der Waals surface area contributed by atoms with Crippen LogP contribution in [-0.2, 0) is 0 Å². The summed E-state index contributed by atoms with van der Waals surface area (Å²) in [6.07, 6.45) is 2.76. The summed E-state index contributed by atoms with van der Waals surface area (Å²) in [6.45, 7) is 8.36. The maximum Gasteiger partial charge on any atom is 0.221 e. The van der Waals surface area contributed by atoms with Gasteiger partial charge >= 0.3 is 0 Å². The highest BCUT2D eigenvalue weighted by Gasteiger charge is 2.16. The number of nitrogens with two attached hydrogens (primary N) is 1. The first-order valence-electron chi connectivity index (χ1n) is 4.82. The van der Waals surface area contributed by atoms with E-state index in [0.717, 1.165) is 17.8 Å². The highest BCUT2D eigenvalue weighted by atomic mass is 15.1. The Labute approximate surface area is 85.0 Å². The van der Waals surface area contributed by atoms with E-state index in [1.165, 1.54) is 0 Å². The Kier molecular flexibility index (Phi) is 2.93. The highest BCUT2D eigenvalue weighted by Crippen LogP contribution is 2.19. The lowest BCUT2D eigenvalue weighted by molar-refractivity contribution is 0.544. The summed E-state index contributed by atoms with van der Waals surface area (Å²) in [6, 6.07) is 0. The summed E-state index contributed by atoms with van der Waals surface area (Å²) in [7, 11) is 0. The van der Waals surface area contributed by atoms with Crippen molar-refractivity contribution in [3.05, 3.63) is 11.8 Å². The number of nitrogens with one attached hydrogen (secondary N) is 1. The number of rotatable bonds is 3. The fraction of sp³-hybridized carbons (Fsp3) is 0.600. The van der Waals surface area contributed by atoms with Crippen molar-refractivity contribution in [2.45, 2.75) is 39.7 Å². The van der Waals surface area contributed by atoms with Crippen molar-refractivity contribution in [2.24, 2.45) is 0 Å². The molecule has 0 amide bonds. The van der Waals surface area contributed by atoms with Crippen LogP contribution in [0.3, 0.4) is 0 Å². The van der Waals surface area contributed by atoms with Gasteiger partial charge < -0.3 is 11.1 Å². The van der Waals surface area contributed by atoms with E-state index in [4.69, 9.17) is 5.73 Å². The average Bonchev–Trinajstić information content (AvgIpc) is 2.11. The van der Waals surface area contributed by atoms with Gasteiger partial charge in [-0.3, -0.25) is 0 Å². The molecule has 78 valence electrons. The first kappa shape index (κ1) is 10.8. The molecular weight excluding hydrogens is 176 g/mol. The van der Waals surface area contributed by atoms with Gasteiger partial charge in [0.1, 0.15) is 5.82 Å². The molecule has 0 fully saturated rings. The number of aromatic nitrogens is 2. The highest BCUT2D eigenvalue weighted by molar-refractivity contribution is 5.46. The van der Waals surface area contributed by atoms with Crippen LogP contribution in [0.25, 0.3) is 0 Å². The van der Waals surface area contributed by atoms with Crippen LogP contribution in [-0.4, -0.2) is 15.5 Å². The number of aryl methyl sites for hydroxylation is 1. The van der Waals surface area contributed by atoms with Crippen LogP contribution < -0.4 is 11.1 Å². The third-order valence-corrected chi connectivity index (χ3v) is 2.33. The van der Waals surface area contributed by atoms with Gasteiger partial charge in [0.15, 0.2) is 0 Å². The van der Waals surface area contributed by atoms with Crippen molar-refractivity contribution in [2.75, 3.05) is 11.1 Å². The molecule has 14 heavy (non-hydrogen) atoms. The zero-order valence-electron chi connectivity index (χ0n) is 9.26. The lowest BCUT2D eigenvalue weighted by Gasteiger charge is -2.26. The molecule has 1 heterocycles. The predicted molar refractivity (Wildman–Crippen MR) is 59.2 cm³/mol. The van der Waals surface area contributed by atoms with Crippen LogP contribution in [0.1, 0.15) is 32.8 Å². The third kappa shape index (κ3) is 2.58. The topological polar surface area (TPSA) is 63.8 Å². The van der Waals surface area contributed by atoms with Crippen LogP contribution in [0.15, 0.2) is 6.20 Å². The molecule has 0 aliphatic carbocycles. The molecule has 1 rings (SSSR count). The number of hydrogen-bond acceptors (Lipinski definition) is 4. The molecule has 0 unspecified atom stereocenters. The van der Waals surface area contributed by atoms with Crippen LogP contribution in [0.4, 0.5) is 11.8 Å². The maximum atomic E-state index is 5.53. The Morgan fingerprint density at radius 2 is 2.14 bits per heavy atom. The molecule has 0 atom stereocenters. The summed E-state index contributed by atoms with van der Waals surface area (Å²) < 4.78 is 0. The summed E-state index contributed by atoms with van der Waals surface area (Å²) in [4.78, 5) is 8.08. The molecule has 3 N–H and O–H groups in total. The molecule has 0 spiro atoms. The molecule has 1 aromatic heterocycles. The van der Waals surface area contributed by atoms with Crippen molar-refractivity contribution >= 4 is 11.8 Å². The minimum atomic E-state index is 0.0333. The maximum absolute atomic E-state index is 5.53. The van der Waals surface area contributed by atoms with Gasteiger partial charge in [0.2, 0.25) is 5.95 Å². The van der Waals surface area contributed by atoms with E-state index in [1.54, 1.807) is 6.20 Å². The first-order chi connectivity index (χ1) is 6.44. The molecule has 0 aromatic carbocycles. The third-order valence-electron chi connectivity index (χ3n) is 2.33. The number of nitrogens with zero attached hydrogens (tertiary/aromatic N) is 2. The monoisotopic (exact) mass is 194 g/mol. The normalized spacial score (nSPS) is 11.4. The van der Waals surface area contributed by atoms with E-state index in [-0.39, 0.29) is 5.54 Å². The number of hydrogen-bond donors (Lipinski definition) is 2. The van der Waals surface area contributed by atoms with Crippen molar-refractivity contribution in [3.63, 3.8) is 0 Å². The number of nitrogen functional groups attached to an aromatic ring is 1. The van der Waals surface area contributed by atoms with Gasteiger partial charge in [-0.1, -0.05) is 6.92 Å². The van der Waals surface area contributed by atoms with Crippen molar-refractivity contribution in [1.82, 2.24) is 9.97 Å². The van der Waals surface area contributed by atoms with E-state index in [0.29, 0.717) is 5.95 Å². The summed E-state index contributed by atoms with van der Waals surface area (Å²) in [5, 5.41) is 3.35. The Bertz CT molecular complexity index is 320. The van der Waals surface area contributed by atoms with Gasteiger partial charge in [-0.25, -0.2) is 4.98 Å². The van der Waals surface area contributed by atoms with Gasteiger partial charge in [-0.2, -0.15) is 4.98 Å². The second kappa shape index (κ2) is 3.82. The van der Waals surface area contributed by atoms with Crippen LogP contribution in [0, 0.1) is 6.92 Å². The zero-order chi connectivity index (χ0) is 10.8. The smallest absolute Gasteiger partial charge is 0.221 e. The SMILES string of the molecule is CCC(C)(C)Nc1nc(N)ncc1C. The molecule has 0 radical (unpaired) electrons. The Morgan fingerprint density at radius 1 is 1.50 bits per heavy atom. The van der Waals surface area contributed by atoms with Gasteiger partial charge in [-0.05, 0) is 27.2 Å². The van der Waals surface area contributed by atoms with Crippen LogP contribution in [0.2, 0.25) is 0 Å². The van der Waals surface area contributed by atoms with Crippen LogP contribution in [0.5, 0.6) is 0 Å². The summed E-state index contributed by atoms with van der Waals surface area (Å²) in [5.41, 5.74) is 6.57. The zero-order valence-corrected chi connectivity index (χ0v) is 9.26. The average molecular weight is 194 g/mol. The molecule has 1 aromatic rings. The standard InChI is InChI=1S/C10H18N4/c1-5-10(3,4)14-8-7(2)6-12-9(11)13-8/h6H,5H2,1-4H3,(H3,11,12,13,14). The van der Waals surface area contributed by atoms with E-state index in [2.05, 4.69) is 36.1 Å². The Hall–Kier alpha value is -1.32. The Morgan fingerprint density at radius 3 is 2.71 bits per heavy atom. The van der Waals surface area contributed by atoms with E-state index in [9.17, 15) is 0 Å². The molecular formula is C10H18N4. The molecule has 0 bridgehead atoms. The van der Waals surface area contributed by atoms with Crippen molar-refractivity contribution < 1.29 is 0 Å². The van der Waals surface area contributed by atoms with Crippen LogP contribution >= 0.6 is 0 Å². The fourth-order valence-electron chi connectivity index (χ4n) is 0.991. The molecule has 0 aliphatic heterocycles. The quantitative estimate of drug-likeness (QED) is 0.772. The lowest BCUT2D eigenvalue weighted by Crippen LogP contribution is -2.30. The number of anilines is 2. The summed E-state index contributed by atoms with van der Waals surface area (Å²) >= 11 is 0. The lowest BCUT2D eigenvalue weighted by atomic mass is 10.0. The van der Waals surface area contributed by atoms with Gasteiger partial charge in [-0.15, -0.1) is 0 Å². The Balaban J connectivity index is 2.91. The minimum absolute atomic E-state index is 0.0333. The fourth-order valence-corrected chi connectivity index (χ4v) is 0.991. The minimum Gasteiger partial charge on any atom is -0.368 e. The van der Waals surface area contributed by atoms with E-state index < -0.39 is 0 Å². The van der Waals surface area contributed by atoms with Crippen molar-refractivity contribution in [3.8, 4) is 0 Å². The second-order valence-electron chi connectivity index (χ2n) is 4.12. The molecule has 0 aliphatic rings. The molecule has 0 saturated heterocycles. The second-order valence-corrected chi connectivity index (χ2v) is 4.12. The predicted octanol–water partition coefficient (Wildman–Crippen LogP) is 1.97.